The lowest BCUT2D eigenvalue weighted by Gasteiger charge is -2.02. The first-order valence-corrected chi connectivity index (χ1v) is 8.96. The van der Waals surface area contributed by atoms with Gasteiger partial charge in [-0.1, -0.05) is 28.1 Å². The third-order valence-electron chi connectivity index (χ3n) is 3.59. The van der Waals surface area contributed by atoms with E-state index < -0.39 is 5.97 Å². The third-order valence-corrected chi connectivity index (χ3v) is 4.12. The Kier molecular flexibility index (Phi) is 6.18. The van der Waals surface area contributed by atoms with Gasteiger partial charge in [0.2, 0.25) is 0 Å². The lowest BCUT2D eigenvalue weighted by molar-refractivity contribution is -0.128. The van der Waals surface area contributed by atoms with Crippen LogP contribution in [0.5, 0.6) is 11.5 Å². The van der Waals surface area contributed by atoms with Crippen molar-refractivity contribution in [1.29, 1.82) is 0 Å². The van der Waals surface area contributed by atoms with Gasteiger partial charge in [-0.15, -0.1) is 0 Å². The van der Waals surface area contributed by atoms with Crippen molar-refractivity contribution in [3.05, 3.63) is 94.5 Å². The van der Waals surface area contributed by atoms with Crippen LogP contribution in [0, 0.1) is 0 Å². The molecular formula is C22H16BrNO3. The molecule has 0 bridgehead atoms. The first kappa shape index (κ1) is 18.6. The number of hydrogen-bond acceptors (Lipinski definition) is 4. The Labute approximate surface area is 165 Å². The number of phenols is 1. The average Bonchev–Trinajstić information content (AvgIpc) is 2.68. The number of hydrogen-bond donors (Lipinski definition) is 1. The molecule has 0 saturated carbocycles. The van der Waals surface area contributed by atoms with Crippen molar-refractivity contribution in [3.63, 3.8) is 0 Å². The molecule has 134 valence electrons. The average molecular weight is 422 g/mol. The SMILES string of the molecule is O=C(C=Cc1ccc(Br)cc1)Oc1ccc(C=Nc2ccc(O)cc2)cc1. The van der Waals surface area contributed by atoms with Gasteiger partial charge < -0.3 is 9.84 Å². The van der Waals surface area contributed by atoms with Gasteiger partial charge in [0.05, 0.1) is 5.69 Å². The molecule has 0 spiro atoms. The minimum absolute atomic E-state index is 0.203. The molecule has 3 aromatic carbocycles. The lowest BCUT2D eigenvalue weighted by atomic mass is 10.2. The van der Waals surface area contributed by atoms with E-state index >= 15 is 0 Å². The molecule has 27 heavy (non-hydrogen) atoms. The second-order valence-electron chi connectivity index (χ2n) is 5.65. The molecule has 0 atom stereocenters. The first-order chi connectivity index (χ1) is 13.1. The molecule has 1 N–H and O–H groups in total. The zero-order valence-corrected chi connectivity index (χ0v) is 15.8. The highest BCUT2D eigenvalue weighted by atomic mass is 79.9. The van der Waals surface area contributed by atoms with Crippen LogP contribution in [0.15, 0.2) is 88.3 Å². The largest absolute Gasteiger partial charge is 0.508 e. The number of halogens is 1. The normalized spacial score (nSPS) is 11.1. The summed E-state index contributed by atoms with van der Waals surface area (Å²) >= 11 is 3.37. The van der Waals surface area contributed by atoms with Crippen LogP contribution >= 0.6 is 15.9 Å². The van der Waals surface area contributed by atoms with Crippen LogP contribution in [-0.4, -0.2) is 17.3 Å². The Hall–Kier alpha value is -3.18. The van der Waals surface area contributed by atoms with E-state index in [-0.39, 0.29) is 5.75 Å². The van der Waals surface area contributed by atoms with Crippen molar-refractivity contribution in [2.45, 2.75) is 0 Å². The van der Waals surface area contributed by atoms with Crippen LogP contribution in [0.1, 0.15) is 11.1 Å². The van der Waals surface area contributed by atoms with E-state index in [2.05, 4.69) is 20.9 Å². The van der Waals surface area contributed by atoms with E-state index in [1.54, 1.807) is 48.7 Å². The van der Waals surface area contributed by atoms with E-state index in [1.807, 2.05) is 36.4 Å². The van der Waals surface area contributed by atoms with Gasteiger partial charge in [0, 0.05) is 16.8 Å². The van der Waals surface area contributed by atoms with Gasteiger partial charge in [0.15, 0.2) is 0 Å². The van der Waals surface area contributed by atoms with Gasteiger partial charge in [-0.3, -0.25) is 4.99 Å². The predicted octanol–water partition coefficient (Wildman–Crippen LogP) is 5.52. The summed E-state index contributed by atoms with van der Waals surface area (Å²) in [6.45, 7) is 0. The topological polar surface area (TPSA) is 58.9 Å². The van der Waals surface area contributed by atoms with Crippen LogP contribution in [0.2, 0.25) is 0 Å². The van der Waals surface area contributed by atoms with E-state index in [0.29, 0.717) is 5.75 Å². The summed E-state index contributed by atoms with van der Waals surface area (Å²) < 4.78 is 6.27. The summed E-state index contributed by atoms with van der Waals surface area (Å²) in [5, 5.41) is 9.26. The van der Waals surface area contributed by atoms with Gasteiger partial charge >= 0.3 is 5.97 Å². The number of carbonyl (C=O) groups excluding carboxylic acids is 1. The summed E-state index contributed by atoms with van der Waals surface area (Å²) in [5.74, 6) is 0.222. The maximum atomic E-state index is 11.9. The molecule has 0 heterocycles. The summed E-state index contributed by atoms with van der Waals surface area (Å²) in [5.41, 5.74) is 2.52. The number of phenolic OH excluding ortho intramolecular Hbond substituents is 1. The Morgan fingerprint density at radius 2 is 1.52 bits per heavy atom. The molecular weight excluding hydrogens is 406 g/mol. The second-order valence-corrected chi connectivity index (χ2v) is 6.57. The molecule has 3 rings (SSSR count). The number of carbonyl (C=O) groups is 1. The predicted molar refractivity (Wildman–Crippen MR) is 111 cm³/mol. The van der Waals surface area contributed by atoms with Crippen LogP contribution in [-0.2, 0) is 4.79 Å². The molecule has 0 radical (unpaired) electrons. The Morgan fingerprint density at radius 1 is 0.889 bits per heavy atom. The Balaban J connectivity index is 1.57. The molecule has 0 aliphatic heterocycles. The van der Waals surface area contributed by atoms with Gasteiger partial charge in [0.25, 0.3) is 0 Å². The zero-order valence-electron chi connectivity index (χ0n) is 14.2. The number of ether oxygens (including phenoxy) is 1. The molecule has 0 fully saturated rings. The van der Waals surface area contributed by atoms with Crippen molar-refractivity contribution < 1.29 is 14.6 Å². The van der Waals surface area contributed by atoms with Crippen molar-refractivity contribution in [2.75, 3.05) is 0 Å². The molecule has 3 aromatic rings. The maximum Gasteiger partial charge on any atom is 0.336 e. The molecule has 4 nitrogen and oxygen atoms in total. The van der Waals surface area contributed by atoms with Crippen LogP contribution in [0.4, 0.5) is 5.69 Å². The smallest absolute Gasteiger partial charge is 0.336 e. The molecule has 0 aliphatic carbocycles. The highest BCUT2D eigenvalue weighted by Crippen LogP contribution is 2.17. The van der Waals surface area contributed by atoms with Gasteiger partial charge in [-0.2, -0.15) is 0 Å². The van der Waals surface area contributed by atoms with Crippen molar-refractivity contribution in [1.82, 2.24) is 0 Å². The van der Waals surface area contributed by atoms with Gasteiger partial charge in [-0.25, -0.2) is 4.79 Å². The number of aromatic hydroxyl groups is 1. The highest BCUT2D eigenvalue weighted by molar-refractivity contribution is 9.10. The minimum Gasteiger partial charge on any atom is -0.508 e. The van der Waals surface area contributed by atoms with Gasteiger partial charge in [0.1, 0.15) is 11.5 Å². The number of nitrogens with zero attached hydrogens (tertiary/aromatic N) is 1. The van der Waals surface area contributed by atoms with E-state index in [1.165, 1.54) is 6.08 Å². The summed E-state index contributed by atoms with van der Waals surface area (Å²) in [6.07, 6.45) is 4.79. The van der Waals surface area contributed by atoms with Crippen molar-refractivity contribution in [2.24, 2.45) is 4.99 Å². The lowest BCUT2D eigenvalue weighted by Crippen LogP contribution is -2.03. The Bertz CT molecular complexity index is 960. The number of aliphatic imine (C=N–C) groups is 1. The maximum absolute atomic E-state index is 11.9. The van der Waals surface area contributed by atoms with E-state index in [0.717, 1.165) is 21.3 Å². The Morgan fingerprint density at radius 3 is 2.19 bits per heavy atom. The highest BCUT2D eigenvalue weighted by Gasteiger charge is 2.00. The zero-order chi connectivity index (χ0) is 19.1. The summed E-state index contributed by atoms with van der Waals surface area (Å²) in [6, 6.07) is 21.3. The second kappa shape index (κ2) is 8.96. The fraction of sp³-hybridized carbons (Fsp3) is 0. The van der Waals surface area contributed by atoms with E-state index in [4.69, 9.17) is 4.74 Å². The van der Waals surface area contributed by atoms with Crippen LogP contribution in [0.25, 0.3) is 6.08 Å². The van der Waals surface area contributed by atoms with Gasteiger partial charge in [-0.05, 0) is 77.9 Å². The number of esters is 1. The first-order valence-electron chi connectivity index (χ1n) is 8.17. The molecule has 0 unspecified atom stereocenters. The summed E-state index contributed by atoms with van der Waals surface area (Å²) in [4.78, 5) is 16.2. The molecule has 0 amide bonds. The quantitative estimate of drug-likeness (QED) is 0.255. The standard InChI is InChI=1S/C22H16BrNO3/c23-18-6-1-16(2-7-18)5-14-22(26)27-21-12-3-17(4-13-21)15-24-19-8-10-20(25)11-9-19/h1-15,25H. The molecule has 5 heteroatoms. The van der Waals surface area contributed by atoms with Crippen LogP contribution < -0.4 is 4.74 Å². The molecule has 0 aromatic heterocycles. The monoisotopic (exact) mass is 421 g/mol. The summed E-state index contributed by atoms with van der Waals surface area (Å²) in [7, 11) is 0. The minimum atomic E-state index is -0.441. The van der Waals surface area contributed by atoms with Crippen LogP contribution in [0.3, 0.4) is 0 Å². The fourth-order valence-corrected chi connectivity index (χ4v) is 2.46. The van der Waals surface area contributed by atoms with E-state index in [9.17, 15) is 9.90 Å². The molecule has 0 aliphatic rings. The third kappa shape index (κ3) is 5.94. The number of rotatable bonds is 5. The van der Waals surface area contributed by atoms with Crippen molar-refractivity contribution in [3.8, 4) is 11.5 Å². The van der Waals surface area contributed by atoms with Crippen molar-refractivity contribution >= 4 is 39.9 Å². The molecule has 0 saturated heterocycles. The number of benzene rings is 3. The fourth-order valence-electron chi connectivity index (χ4n) is 2.20.